The number of benzene rings is 1. The van der Waals surface area contributed by atoms with E-state index in [1.807, 2.05) is 18.2 Å². The highest BCUT2D eigenvalue weighted by molar-refractivity contribution is 7.80. The van der Waals surface area contributed by atoms with Crippen LogP contribution >= 0.6 is 12.2 Å². The minimum atomic E-state index is 0.446. The lowest BCUT2D eigenvalue weighted by atomic mass is 10.1. The lowest BCUT2D eigenvalue weighted by Gasteiger charge is -2.12. The van der Waals surface area contributed by atoms with E-state index in [4.69, 9.17) is 22.7 Å². The molecule has 3 heteroatoms. The highest BCUT2D eigenvalue weighted by Gasteiger charge is 2.04. The van der Waals surface area contributed by atoms with E-state index in [2.05, 4.69) is 20.8 Å². The standard InChI is InChI=1S/C15H23NOS/c1-4-5-11(2)9-17-10-14-7-6-13(15(16)18)8-12(14)3/h6-8,11H,4-5,9-10H2,1-3H3,(H2,16,18). The van der Waals surface area contributed by atoms with E-state index in [0.717, 1.165) is 12.2 Å². The van der Waals surface area contributed by atoms with Crippen molar-refractivity contribution in [3.05, 3.63) is 34.9 Å². The maximum atomic E-state index is 5.75. The largest absolute Gasteiger partial charge is 0.389 e. The highest BCUT2D eigenvalue weighted by Crippen LogP contribution is 2.13. The van der Waals surface area contributed by atoms with Crippen molar-refractivity contribution in [1.29, 1.82) is 0 Å². The topological polar surface area (TPSA) is 35.2 Å². The molecule has 0 heterocycles. The summed E-state index contributed by atoms with van der Waals surface area (Å²) in [6.07, 6.45) is 2.44. The molecule has 2 nitrogen and oxygen atoms in total. The Kier molecular flexibility index (Phi) is 6.30. The number of nitrogens with two attached hydrogens (primary N) is 1. The van der Waals surface area contributed by atoms with Gasteiger partial charge in [-0.3, -0.25) is 0 Å². The number of hydrogen-bond acceptors (Lipinski definition) is 2. The molecule has 0 aliphatic heterocycles. The Morgan fingerprint density at radius 1 is 1.44 bits per heavy atom. The van der Waals surface area contributed by atoms with Crippen LogP contribution in [0.25, 0.3) is 0 Å². The first-order valence-electron chi connectivity index (χ1n) is 6.51. The van der Waals surface area contributed by atoms with Crippen LogP contribution in [0.1, 0.15) is 43.4 Å². The van der Waals surface area contributed by atoms with Crippen molar-refractivity contribution in [3.63, 3.8) is 0 Å². The maximum absolute atomic E-state index is 5.75. The summed E-state index contributed by atoms with van der Waals surface area (Å²) in [7, 11) is 0. The smallest absolute Gasteiger partial charge is 0.103 e. The molecule has 0 amide bonds. The van der Waals surface area contributed by atoms with Crippen molar-refractivity contribution in [2.45, 2.75) is 40.2 Å². The number of hydrogen-bond donors (Lipinski definition) is 1. The molecule has 1 atom stereocenters. The van der Waals surface area contributed by atoms with Crippen molar-refractivity contribution in [2.75, 3.05) is 6.61 Å². The minimum Gasteiger partial charge on any atom is -0.389 e. The molecular formula is C15H23NOS. The summed E-state index contributed by atoms with van der Waals surface area (Å²) in [5, 5.41) is 0. The third-order valence-corrected chi connectivity index (χ3v) is 3.30. The molecule has 0 saturated carbocycles. The molecule has 1 unspecified atom stereocenters. The summed E-state index contributed by atoms with van der Waals surface area (Å²) in [6.45, 7) is 7.99. The van der Waals surface area contributed by atoms with Gasteiger partial charge in [0, 0.05) is 12.2 Å². The monoisotopic (exact) mass is 265 g/mol. The normalized spacial score (nSPS) is 12.4. The van der Waals surface area contributed by atoms with Gasteiger partial charge in [-0.2, -0.15) is 0 Å². The molecule has 0 aliphatic carbocycles. The summed E-state index contributed by atoms with van der Waals surface area (Å²) < 4.78 is 5.75. The van der Waals surface area contributed by atoms with Gasteiger partial charge in [0.25, 0.3) is 0 Å². The highest BCUT2D eigenvalue weighted by atomic mass is 32.1. The minimum absolute atomic E-state index is 0.446. The van der Waals surface area contributed by atoms with Crippen LogP contribution in [-0.4, -0.2) is 11.6 Å². The van der Waals surface area contributed by atoms with Gasteiger partial charge in [-0.15, -0.1) is 0 Å². The molecule has 0 saturated heterocycles. The number of aryl methyl sites for hydroxylation is 1. The van der Waals surface area contributed by atoms with Gasteiger partial charge in [0.1, 0.15) is 4.99 Å². The molecule has 0 bridgehead atoms. The molecule has 2 N–H and O–H groups in total. The molecular weight excluding hydrogens is 242 g/mol. The average molecular weight is 265 g/mol. The van der Waals surface area contributed by atoms with Crippen molar-refractivity contribution in [3.8, 4) is 0 Å². The lowest BCUT2D eigenvalue weighted by Crippen LogP contribution is -2.10. The summed E-state index contributed by atoms with van der Waals surface area (Å²) >= 11 is 4.96. The molecule has 0 radical (unpaired) electrons. The van der Waals surface area contributed by atoms with Crippen molar-refractivity contribution < 1.29 is 4.74 Å². The Hall–Kier alpha value is -0.930. The van der Waals surface area contributed by atoms with E-state index in [0.29, 0.717) is 17.5 Å². The van der Waals surface area contributed by atoms with Gasteiger partial charge in [0.05, 0.1) is 6.61 Å². The second-order valence-electron chi connectivity index (χ2n) is 4.91. The zero-order valence-electron chi connectivity index (χ0n) is 11.5. The lowest BCUT2D eigenvalue weighted by molar-refractivity contribution is 0.0890. The van der Waals surface area contributed by atoms with E-state index >= 15 is 0 Å². The van der Waals surface area contributed by atoms with Crippen LogP contribution in [0.4, 0.5) is 0 Å². The summed E-state index contributed by atoms with van der Waals surface area (Å²) in [4.78, 5) is 0.446. The van der Waals surface area contributed by atoms with E-state index in [9.17, 15) is 0 Å². The van der Waals surface area contributed by atoms with Crippen LogP contribution in [0.15, 0.2) is 18.2 Å². The van der Waals surface area contributed by atoms with Crippen LogP contribution in [-0.2, 0) is 11.3 Å². The quantitative estimate of drug-likeness (QED) is 0.765. The molecule has 1 rings (SSSR count). The van der Waals surface area contributed by atoms with Gasteiger partial charge in [-0.25, -0.2) is 0 Å². The van der Waals surface area contributed by atoms with E-state index in [-0.39, 0.29) is 0 Å². The molecule has 18 heavy (non-hydrogen) atoms. The molecule has 0 aliphatic rings. The second kappa shape index (κ2) is 7.49. The van der Waals surface area contributed by atoms with Crippen LogP contribution in [0, 0.1) is 12.8 Å². The van der Waals surface area contributed by atoms with Crippen LogP contribution < -0.4 is 5.73 Å². The van der Waals surface area contributed by atoms with E-state index in [1.165, 1.54) is 24.0 Å². The number of rotatable bonds is 7. The molecule has 100 valence electrons. The molecule has 1 aromatic carbocycles. The van der Waals surface area contributed by atoms with Gasteiger partial charge < -0.3 is 10.5 Å². The summed E-state index contributed by atoms with van der Waals surface area (Å²) in [6, 6.07) is 6.04. The fourth-order valence-corrected chi connectivity index (χ4v) is 2.08. The average Bonchev–Trinajstić information content (AvgIpc) is 2.31. The van der Waals surface area contributed by atoms with Gasteiger partial charge in [0.15, 0.2) is 0 Å². The second-order valence-corrected chi connectivity index (χ2v) is 5.35. The Balaban J connectivity index is 2.50. The van der Waals surface area contributed by atoms with Gasteiger partial charge in [-0.1, -0.05) is 44.6 Å². The third kappa shape index (κ3) is 4.75. The SMILES string of the molecule is CCCC(C)COCc1ccc(C(N)=S)cc1C. The number of thiocarbonyl (C=S) groups is 1. The van der Waals surface area contributed by atoms with Crippen molar-refractivity contribution in [1.82, 2.24) is 0 Å². The summed E-state index contributed by atoms with van der Waals surface area (Å²) in [5.74, 6) is 0.631. The van der Waals surface area contributed by atoms with Crippen LogP contribution in [0.2, 0.25) is 0 Å². The third-order valence-electron chi connectivity index (χ3n) is 3.07. The van der Waals surface area contributed by atoms with E-state index < -0.39 is 0 Å². The molecule has 0 spiro atoms. The Morgan fingerprint density at radius 2 is 2.17 bits per heavy atom. The molecule has 1 aromatic rings. The van der Waals surface area contributed by atoms with Gasteiger partial charge in [0.2, 0.25) is 0 Å². The Labute approximate surface area is 116 Å². The van der Waals surface area contributed by atoms with Gasteiger partial charge in [-0.05, 0) is 36.5 Å². The zero-order valence-corrected chi connectivity index (χ0v) is 12.3. The van der Waals surface area contributed by atoms with Crippen molar-refractivity contribution >= 4 is 17.2 Å². The van der Waals surface area contributed by atoms with Crippen LogP contribution in [0.3, 0.4) is 0 Å². The Morgan fingerprint density at radius 3 is 2.72 bits per heavy atom. The first-order chi connectivity index (χ1) is 8.54. The number of ether oxygens (including phenoxy) is 1. The molecule has 0 fully saturated rings. The molecule has 0 aromatic heterocycles. The Bertz CT molecular complexity index is 403. The van der Waals surface area contributed by atoms with Crippen molar-refractivity contribution in [2.24, 2.45) is 11.7 Å². The van der Waals surface area contributed by atoms with Gasteiger partial charge >= 0.3 is 0 Å². The predicted octanol–water partition coefficient (Wildman–Crippen LogP) is 3.58. The fraction of sp³-hybridized carbons (Fsp3) is 0.533. The fourth-order valence-electron chi connectivity index (χ4n) is 1.96. The first-order valence-corrected chi connectivity index (χ1v) is 6.92. The zero-order chi connectivity index (χ0) is 13.5. The van der Waals surface area contributed by atoms with E-state index in [1.54, 1.807) is 0 Å². The predicted molar refractivity (Wildman–Crippen MR) is 80.8 cm³/mol. The van der Waals surface area contributed by atoms with Crippen LogP contribution in [0.5, 0.6) is 0 Å². The first kappa shape index (κ1) is 15.1. The maximum Gasteiger partial charge on any atom is 0.103 e. The summed E-state index contributed by atoms with van der Waals surface area (Å²) in [5.41, 5.74) is 8.92.